The number of aryl methyl sites for hydroxylation is 1. The lowest BCUT2D eigenvalue weighted by Crippen LogP contribution is -2.36. The van der Waals surface area contributed by atoms with Crippen molar-refractivity contribution in [2.24, 2.45) is 0 Å². The van der Waals surface area contributed by atoms with Gasteiger partial charge in [0.05, 0.1) is 33.9 Å². The average Bonchev–Trinajstić information content (AvgIpc) is 3.33. The summed E-state index contributed by atoms with van der Waals surface area (Å²) in [4.78, 5) is 4.50. The summed E-state index contributed by atoms with van der Waals surface area (Å²) in [7, 11) is -4.28. The van der Waals surface area contributed by atoms with E-state index in [1.807, 2.05) is 28.2 Å². The molecule has 0 saturated heterocycles. The van der Waals surface area contributed by atoms with Crippen LogP contribution >= 0.6 is 43.5 Å². The van der Waals surface area contributed by atoms with Gasteiger partial charge >= 0.3 is 0 Å². The predicted molar refractivity (Wildman–Crippen MR) is 163 cm³/mol. The van der Waals surface area contributed by atoms with Gasteiger partial charge in [0.2, 0.25) is 0 Å². The zero-order chi connectivity index (χ0) is 28.5. The summed E-state index contributed by atoms with van der Waals surface area (Å²) in [6.45, 7) is 8.54. The third kappa shape index (κ3) is 5.81. The minimum Gasteiger partial charge on any atom is -0.326 e. The van der Waals surface area contributed by atoms with Crippen LogP contribution in [0.2, 0.25) is 5.02 Å². The lowest BCUT2D eigenvalue weighted by atomic mass is 10.2. The quantitative estimate of drug-likeness (QED) is 0.210. The van der Waals surface area contributed by atoms with Crippen LogP contribution in [-0.2, 0) is 23.2 Å². The van der Waals surface area contributed by atoms with Crippen LogP contribution in [-0.4, -0.2) is 30.6 Å². The summed E-state index contributed by atoms with van der Waals surface area (Å²) >= 11 is 13.6. The van der Waals surface area contributed by atoms with Crippen molar-refractivity contribution in [1.29, 1.82) is 5.26 Å². The number of aromatic nitrogens is 2. The molecule has 0 atom stereocenters. The lowest BCUT2D eigenvalue weighted by Gasteiger charge is -2.23. The van der Waals surface area contributed by atoms with E-state index in [4.69, 9.17) is 11.6 Å². The molecule has 1 N–H and O–H groups in total. The van der Waals surface area contributed by atoms with Crippen LogP contribution in [0.15, 0.2) is 62.7 Å². The molecule has 0 fully saturated rings. The fourth-order valence-corrected chi connectivity index (χ4v) is 6.04. The largest absolute Gasteiger partial charge is 0.326 e. The zero-order valence-electron chi connectivity index (χ0n) is 21.6. The maximum absolute atomic E-state index is 11.3. The predicted octanol–water partition coefficient (Wildman–Crippen LogP) is 6.62. The topological polar surface area (TPSA) is 93.5 Å². The molecular weight excluding hydrogens is 670 g/mol. The van der Waals surface area contributed by atoms with Gasteiger partial charge < -0.3 is 9.80 Å². The van der Waals surface area contributed by atoms with Crippen LogP contribution in [0.5, 0.6) is 0 Å². The molecule has 12 heteroatoms. The summed E-state index contributed by atoms with van der Waals surface area (Å²) in [5.74, 6) is 1.81. The van der Waals surface area contributed by atoms with Crippen molar-refractivity contribution in [2.75, 3.05) is 22.9 Å². The van der Waals surface area contributed by atoms with E-state index in [9.17, 15) is 18.2 Å². The van der Waals surface area contributed by atoms with Crippen LogP contribution in [0.1, 0.15) is 32.2 Å². The molecule has 3 aromatic rings. The van der Waals surface area contributed by atoms with E-state index < -0.39 is 10.1 Å². The number of allylic oxidation sites excluding steroid dienone is 3. The smallest absolute Gasteiger partial charge is 0.287 e. The van der Waals surface area contributed by atoms with Crippen molar-refractivity contribution in [3.63, 3.8) is 0 Å². The van der Waals surface area contributed by atoms with Gasteiger partial charge in [0.25, 0.3) is 15.9 Å². The van der Waals surface area contributed by atoms with Crippen molar-refractivity contribution in [1.82, 2.24) is 4.57 Å². The van der Waals surface area contributed by atoms with Crippen molar-refractivity contribution in [2.45, 2.75) is 33.9 Å². The Kier molecular flexibility index (Phi) is 8.93. The van der Waals surface area contributed by atoms with Crippen LogP contribution < -0.4 is 14.4 Å². The lowest BCUT2D eigenvalue weighted by molar-refractivity contribution is -0.663. The van der Waals surface area contributed by atoms with Gasteiger partial charge in [0, 0.05) is 40.2 Å². The standard InChI is InChI=1S/C27H26Br2ClN5O3S/c1-4-32-23-14-19(28)20(29)15-24(23)33(5-2)26(32)9-7-10-27-34(6-3)25-16-21(30)18(17-31)13-22(25)35(27)11-8-12-39(36,37)38/h7-10,12-16H,4-6,11H2,1-3H3/p+1. The van der Waals surface area contributed by atoms with Crippen molar-refractivity contribution >= 4 is 82.1 Å². The summed E-state index contributed by atoms with van der Waals surface area (Å²) in [5.41, 5.74) is 4.07. The molecule has 0 aliphatic carbocycles. The minimum atomic E-state index is -4.28. The molecule has 2 heterocycles. The SMILES string of the molecule is CCN1C(=CC=Cc2n(CC)c3cc(Cl)c(C#N)cc3[n+]2CC=CS(=O)(=O)O)N(CC)c2cc(Br)c(Br)cc21. The highest BCUT2D eigenvalue weighted by atomic mass is 79.9. The van der Waals surface area contributed by atoms with Gasteiger partial charge in [-0.15, -0.1) is 0 Å². The van der Waals surface area contributed by atoms with Crippen molar-refractivity contribution in [3.05, 3.63) is 79.1 Å². The molecule has 1 aliphatic heterocycles. The molecular formula is C27H27Br2ClN5O3S+. The average molecular weight is 697 g/mol. The number of halogens is 3. The van der Waals surface area contributed by atoms with Crippen molar-refractivity contribution < 1.29 is 17.5 Å². The summed E-state index contributed by atoms with van der Waals surface area (Å²) in [6, 6.07) is 9.77. The van der Waals surface area contributed by atoms with Crippen molar-refractivity contribution in [3.8, 4) is 6.07 Å². The third-order valence-electron chi connectivity index (χ3n) is 6.47. The van der Waals surface area contributed by atoms with E-state index in [0.29, 0.717) is 17.1 Å². The van der Waals surface area contributed by atoms with Gasteiger partial charge in [-0.3, -0.25) is 4.55 Å². The molecule has 0 bridgehead atoms. The number of hydrogen-bond acceptors (Lipinski definition) is 5. The maximum Gasteiger partial charge on any atom is 0.287 e. The van der Waals surface area contributed by atoms with Gasteiger partial charge in [-0.05, 0) is 76.9 Å². The number of benzene rings is 2. The number of rotatable bonds is 8. The first-order chi connectivity index (χ1) is 18.5. The van der Waals surface area contributed by atoms with Gasteiger partial charge in [0.15, 0.2) is 11.0 Å². The van der Waals surface area contributed by atoms with Crippen LogP contribution in [0.3, 0.4) is 0 Å². The number of imidazole rings is 1. The molecule has 4 rings (SSSR count). The highest BCUT2D eigenvalue weighted by Crippen LogP contribution is 2.45. The first-order valence-corrected chi connectivity index (χ1v) is 15.7. The van der Waals surface area contributed by atoms with Crippen LogP contribution in [0, 0.1) is 11.3 Å². The number of anilines is 2. The van der Waals surface area contributed by atoms with E-state index in [-0.39, 0.29) is 6.54 Å². The molecule has 1 aromatic heterocycles. The molecule has 204 valence electrons. The second-order valence-corrected chi connectivity index (χ2v) is 12.1. The summed E-state index contributed by atoms with van der Waals surface area (Å²) in [6.07, 6.45) is 7.34. The Morgan fingerprint density at radius 3 is 2.18 bits per heavy atom. The Labute approximate surface area is 250 Å². The van der Waals surface area contributed by atoms with E-state index in [0.717, 1.165) is 61.5 Å². The molecule has 0 amide bonds. The maximum atomic E-state index is 11.3. The second kappa shape index (κ2) is 11.9. The Bertz CT molecular complexity index is 1650. The summed E-state index contributed by atoms with van der Waals surface area (Å²) < 4.78 is 37.7. The molecule has 0 spiro atoms. The van der Waals surface area contributed by atoms with E-state index in [2.05, 4.69) is 79.8 Å². The summed E-state index contributed by atoms with van der Waals surface area (Å²) in [5, 5.41) is 10.6. The Morgan fingerprint density at radius 1 is 1.05 bits per heavy atom. The van der Waals surface area contributed by atoms with Gasteiger partial charge in [-0.25, -0.2) is 9.13 Å². The van der Waals surface area contributed by atoms with Gasteiger partial charge in [-0.2, -0.15) is 13.7 Å². The Balaban J connectivity index is 1.85. The van der Waals surface area contributed by atoms with Crippen LogP contribution in [0.25, 0.3) is 17.1 Å². The van der Waals surface area contributed by atoms with E-state index in [1.165, 1.54) is 6.08 Å². The zero-order valence-corrected chi connectivity index (χ0v) is 26.3. The fraction of sp³-hybridized carbons (Fsp3) is 0.259. The Morgan fingerprint density at radius 2 is 1.67 bits per heavy atom. The first-order valence-electron chi connectivity index (χ1n) is 12.3. The fourth-order valence-electron chi connectivity index (χ4n) is 4.85. The normalized spacial score (nSPS) is 13.7. The number of nitriles is 1. The minimum absolute atomic E-state index is 0.154. The highest BCUT2D eigenvalue weighted by molar-refractivity contribution is 9.13. The Hall–Kier alpha value is -2.62. The molecule has 39 heavy (non-hydrogen) atoms. The molecule has 0 saturated carbocycles. The molecule has 2 aromatic carbocycles. The third-order valence-corrected chi connectivity index (χ3v) is 9.16. The van der Waals surface area contributed by atoms with Gasteiger partial charge in [-0.1, -0.05) is 17.7 Å². The molecule has 0 unspecified atom stereocenters. The van der Waals surface area contributed by atoms with Crippen LogP contribution in [0.4, 0.5) is 11.4 Å². The first kappa shape index (κ1) is 29.4. The molecule has 1 aliphatic rings. The van der Waals surface area contributed by atoms with Gasteiger partial charge in [0.1, 0.15) is 18.4 Å². The monoisotopic (exact) mass is 694 g/mol. The number of fused-ring (bicyclic) bond motifs is 2. The molecule has 8 nitrogen and oxygen atoms in total. The number of nitrogens with zero attached hydrogens (tertiary/aromatic N) is 5. The molecule has 0 radical (unpaired) electrons. The van der Waals surface area contributed by atoms with E-state index >= 15 is 0 Å². The van der Waals surface area contributed by atoms with E-state index in [1.54, 1.807) is 12.1 Å². The highest BCUT2D eigenvalue weighted by Gasteiger charge is 2.30. The second-order valence-electron chi connectivity index (χ2n) is 8.66. The number of hydrogen-bond donors (Lipinski definition) is 1.